The van der Waals surface area contributed by atoms with Gasteiger partial charge in [0, 0.05) is 25.3 Å². The first kappa shape index (κ1) is 13.5. The minimum atomic E-state index is -0.149. The zero-order chi connectivity index (χ0) is 12.5. The summed E-state index contributed by atoms with van der Waals surface area (Å²) in [6.07, 6.45) is 0.754. The van der Waals surface area contributed by atoms with E-state index in [1.165, 1.54) is 12.1 Å². The Morgan fingerprint density at radius 1 is 1.29 bits per heavy atom. The molecule has 5 nitrogen and oxygen atoms in total. The van der Waals surface area contributed by atoms with Crippen LogP contribution < -0.4 is 11.1 Å². The topological polar surface area (TPSA) is 84.6 Å². The molecule has 94 valence electrons. The molecule has 1 amide bonds. The van der Waals surface area contributed by atoms with Crippen LogP contribution in [0.4, 0.5) is 0 Å². The molecule has 0 fully saturated rings. The Bertz CT molecular complexity index is 338. The first-order chi connectivity index (χ1) is 8.24. The van der Waals surface area contributed by atoms with Gasteiger partial charge in [0.25, 0.3) is 5.91 Å². The second-order valence-electron chi connectivity index (χ2n) is 3.56. The molecule has 17 heavy (non-hydrogen) atoms. The average Bonchev–Trinajstić information content (AvgIpc) is 2.34. The molecule has 0 saturated heterocycles. The largest absolute Gasteiger partial charge is 0.508 e. The molecule has 1 aromatic rings. The number of ether oxygens (including phenoxy) is 1. The van der Waals surface area contributed by atoms with E-state index in [0.29, 0.717) is 31.9 Å². The van der Waals surface area contributed by atoms with Gasteiger partial charge < -0.3 is 20.9 Å². The number of nitrogens with one attached hydrogen (secondary N) is 1. The van der Waals surface area contributed by atoms with Crippen molar-refractivity contribution in [1.29, 1.82) is 0 Å². The number of phenolic OH excluding ortho intramolecular Hbond substituents is 1. The predicted molar refractivity (Wildman–Crippen MR) is 64.9 cm³/mol. The van der Waals surface area contributed by atoms with Gasteiger partial charge in [0.05, 0.1) is 6.61 Å². The average molecular weight is 238 g/mol. The summed E-state index contributed by atoms with van der Waals surface area (Å²) in [5.74, 6) is 0.000518. The third kappa shape index (κ3) is 5.33. The number of benzene rings is 1. The molecule has 0 aromatic heterocycles. The van der Waals surface area contributed by atoms with Crippen molar-refractivity contribution in [3.63, 3.8) is 0 Å². The first-order valence-electron chi connectivity index (χ1n) is 5.59. The molecule has 0 aliphatic rings. The SMILES string of the molecule is NCCOCCCNC(=O)c1ccc(O)cc1. The van der Waals surface area contributed by atoms with Crippen molar-refractivity contribution in [1.82, 2.24) is 5.32 Å². The van der Waals surface area contributed by atoms with Gasteiger partial charge in [-0.1, -0.05) is 0 Å². The lowest BCUT2D eigenvalue weighted by atomic mass is 10.2. The van der Waals surface area contributed by atoms with Gasteiger partial charge in [0.15, 0.2) is 0 Å². The van der Waals surface area contributed by atoms with Crippen molar-refractivity contribution in [3.8, 4) is 5.75 Å². The molecule has 0 atom stereocenters. The van der Waals surface area contributed by atoms with Gasteiger partial charge in [-0.05, 0) is 30.7 Å². The molecule has 0 radical (unpaired) electrons. The van der Waals surface area contributed by atoms with Crippen molar-refractivity contribution < 1.29 is 14.6 Å². The Morgan fingerprint density at radius 3 is 2.65 bits per heavy atom. The molecule has 0 unspecified atom stereocenters. The van der Waals surface area contributed by atoms with Crippen LogP contribution in [-0.4, -0.2) is 37.3 Å². The molecule has 5 heteroatoms. The summed E-state index contributed by atoms with van der Waals surface area (Å²) in [5.41, 5.74) is 5.80. The fraction of sp³-hybridized carbons (Fsp3) is 0.417. The second kappa shape index (κ2) is 7.65. The number of carbonyl (C=O) groups is 1. The van der Waals surface area contributed by atoms with Crippen molar-refractivity contribution in [2.75, 3.05) is 26.3 Å². The number of phenols is 1. The maximum Gasteiger partial charge on any atom is 0.251 e. The van der Waals surface area contributed by atoms with Gasteiger partial charge in [-0.3, -0.25) is 4.79 Å². The zero-order valence-corrected chi connectivity index (χ0v) is 9.69. The highest BCUT2D eigenvalue weighted by Crippen LogP contribution is 2.09. The highest BCUT2D eigenvalue weighted by Gasteiger charge is 2.03. The number of nitrogens with two attached hydrogens (primary N) is 1. The molecule has 0 aliphatic heterocycles. The summed E-state index contributed by atoms with van der Waals surface area (Å²) in [6, 6.07) is 6.13. The van der Waals surface area contributed by atoms with E-state index in [4.69, 9.17) is 15.6 Å². The van der Waals surface area contributed by atoms with Crippen LogP contribution in [0.2, 0.25) is 0 Å². The second-order valence-corrected chi connectivity index (χ2v) is 3.56. The fourth-order valence-corrected chi connectivity index (χ4v) is 1.28. The minimum Gasteiger partial charge on any atom is -0.508 e. The number of amides is 1. The molecule has 0 heterocycles. The molecule has 0 aliphatic carbocycles. The van der Waals surface area contributed by atoms with Crippen molar-refractivity contribution in [3.05, 3.63) is 29.8 Å². The maximum atomic E-state index is 11.6. The summed E-state index contributed by atoms with van der Waals surface area (Å²) >= 11 is 0. The normalized spacial score (nSPS) is 10.2. The van der Waals surface area contributed by atoms with E-state index in [-0.39, 0.29) is 11.7 Å². The monoisotopic (exact) mass is 238 g/mol. The lowest BCUT2D eigenvalue weighted by molar-refractivity contribution is 0.0943. The van der Waals surface area contributed by atoms with Gasteiger partial charge in [-0.25, -0.2) is 0 Å². The molecule has 1 aromatic carbocycles. The van der Waals surface area contributed by atoms with Crippen LogP contribution >= 0.6 is 0 Å². The van der Waals surface area contributed by atoms with Gasteiger partial charge in [0.1, 0.15) is 5.75 Å². The van der Waals surface area contributed by atoms with Crippen LogP contribution in [0.3, 0.4) is 0 Å². The highest BCUT2D eigenvalue weighted by atomic mass is 16.5. The van der Waals surface area contributed by atoms with Crippen LogP contribution in [0, 0.1) is 0 Å². The lowest BCUT2D eigenvalue weighted by Crippen LogP contribution is -2.25. The highest BCUT2D eigenvalue weighted by molar-refractivity contribution is 5.94. The number of hydrogen-bond acceptors (Lipinski definition) is 4. The number of aromatic hydroxyl groups is 1. The molecule has 0 spiro atoms. The summed E-state index contributed by atoms with van der Waals surface area (Å²) in [7, 11) is 0. The van der Waals surface area contributed by atoms with E-state index in [0.717, 1.165) is 6.42 Å². The Morgan fingerprint density at radius 2 is 2.00 bits per heavy atom. The van der Waals surface area contributed by atoms with E-state index in [2.05, 4.69) is 5.32 Å². The van der Waals surface area contributed by atoms with Crippen LogP contribution in [0.1, 0.15) is 16.8 Å². The summed E-state index contributed by atoms with van der Waals surface area (Å²) in [6.45, 7) is 2.21. The molecule has 4 N–H and O–H groups in total. The lowest BCUT2D eigenvalue weighted by Gasteiger charge is -2.05. The Labute approximate surface area is 101 Å². The molecular weight excluding hydrogens is 220 g/mol. The summed E-state index contributed by atoms with van der Waals surface area (Å²) in [4.78, 5) is 11.6. The third-order valence-corrected chi connectivity index (χ3v) is 2.14. The van der Waals surface area contributed by atoms with Crippen LogP contribution in [-0.2, 0) is 4.74 Å². The zero-order valence-electron chi connectivity index (χ0n) is 9.69. The number of hydrogen-bond donors (Lipinski definition) is 3. The van der Waals surface area contributed by atoms with Crippen molar-refractivity contribution in [2.24, 2.45) is 5.73 Å². The van der Waals surface area contributed by atoms with Gasteiger partial charge in [-0.15, -0.1) is 0 Å². The van der Waals surface area contributed by atoms with E-state index in [9.17, 15) is 4.79 Å². The van der Waals surface area contributed by atoms with Crippen LogP contribution in [0.25, 0.3) is 0 Å². The molecule has 0 saturated carbocycles. The summed E-state index contributed by atoms with van der Waals surface area (Å²) < 4.78 is 5.18. The molecule has 0 bridgehead atoms. The van der Waals surface area contributed by atoms with E-state index < -0.39 is 0 Å². The predicted octanol–water partition coefficient (Wildman–Crippen LogP) is 0.487. The molecule has 1 rings (SSSR count). The Hall–Kier alpha value is -1.59. The summed E-state index contributed by atoms with van der Waals surface area (Å²) in [5, 5.41) is 11.8. The number of carbonyl (C=O) groups excluding carboxylic acids is 1. The maximum absolute atomic E-state index is 11.6. The standard InChI is InChI=1S/C12H18N2O3/c13-6-9-17-8-1-7-14-12(16)10-2-4-11(15)5-3-10/h2-5,15H,1,6-9,13H2,(H,14,16). The quantitative estimate of drug-likeness (QED) is 0.603. The van der Waals surface area contributed by atoms with E-state index >= 15 is 0 Å². The minimum absolute atomic E-state index is 0.149. The van der Waals surface area contributed by atoms with Crippen LogP contribution in [0.5, 0.6) is 5.75 Å². The van der Waals surface area contributed by atoms with Crippen LogP contribution in [0.15, 0.2) is 24.3 Å². The third-order valence-electron chi connectivity index (χ3n) is 2.14. The number of rotatable bonds is 7. The van der Waals surface area contributed by atoms with Crippen molar-refractivity contribution >= 4 is 5.91 Å². The van der Waals surface area contributed by atoms with Gasteiger partial charge in [0.2, 0.25) is 0 Å². The fourth-order valence-electron chi connectivity index (χ4n) is 1.28. The van der Waals surface area contributed by atoms with E-state index in [1.807, 2.05) is 0 Å². The van der Waals surface area contributed by atoms with Crippen molar-refractivity contribution in [2.45, 2.75) is 6.42 Å². The molecular formula is C12H18N2O3. The van der Waals surface area contributed by atoms with Gasteiger partial charge in [-0.2, -0.15) is 0 Å². The Balaban J connectivity index is 2.19. The first-order valence-corrected chi connectivity index (χ1v) is 5.59. The smallest absolute Gasteiger partial charge is 0.251 e. The Kier molecular flexibility index (Phi) is 6.06. The van der Waals surface area contributed by atoms with Gasteiger partial charge >= 0.3 is 0 Å². The van der Waals surface area contributed by atoms with E-state index in [1.54, 1.807) is 12.1 Å².